The summed E-state index contributed by atoms with van der Waals surface area (Å²) in [4.78, 5) is 39.6. The van der Waals surface area contributed by atoms with Crippen molar-refractivity contribution >= 4 is 11.9 Å². The van der Waals surface area contributed by atoms with Gasteiger partial charge in [0.05, 0.1) is 0 Å². The van der Waals surface area contributed by atoms with E-state index in [1.54, 1.807) is 18.5 Å². The molecule has 0 aliphatic carbocycles. The maximum absolute atomic E-state index is 12.1. The van der Waals surface area contributed by atoms with E-state index in [4.69, 9.17) is 9.90 Å². The number of nitrogens with zero attached hydrogens (tertiary/aromatic N) is 4. The minimum Gasteiger partial charge on any atom is -0.475 e. The summed E-state index contributed by atoms with van der Waals surface area (Å²) in [5.41, 5.74) is 2.26. The first-order chi connectivity index (χ1) is 13.2. The van der Waals surface area contributed by atoms with E-state index >= 15 is 0 Å². The van der Waals surface area contributed by atoms with Crippen molar-refractivity contribution in [1.82, 2.24) is 30.2 Å². The number of halogens is 3. The number of piperidine rings is 1. The molecule has 0 atom stereocenters. The molecule has 1 aliphatic heterocycles. The fourth-order valence-corrected chi connectivity index (χ4v) is 2.27. The highest BCUT2D eigenvalue weighted by Crippen LogP contribution is 2.13. The van der Waals surface area contributed by atoms with Crippen molar-refractivity contribution in [3.8, 4) is 5.95 Å². The average Bonchev–Trinajstić information content (AvgIpc) is 3.17. The number of rotatable bonds is 3. The second-order valence-electron chi connectivity index (χ2n) is 5.69. The van der Waals surface area contributed by atoms with Crippen LogP contribution in [-0.4, -0.2) is 61.0 Å². The lowest BCUT2D eigenvalue weighted by molar-refractivity contribution is -0.192. The minimum absolute atomic E-state index is 0.00326. The Morgan fingerprint density at radius 1 is 1.21 bits per heavy atom. The van der Waals surface area contributed by atoms with E-state index in [0.717, 1.165) is 25.9 Å². The molecule has 152 valence electrons. The van der Waals surface area contributed by atoms with Crippen LogP contribution in [0.1, 0.15) is 29.6 Å². The molecular formula is C15H17F3N6O4. The Balaban J connectivity index is 0.000000345. The highest BCUT2D eigenvalue weighted by Gasteiger charge is 2.38. The summed E-state index contributed by atoms with van der Waals surface area (Å²) in [6, 6.07) is 1.72. The number of hydrogen-bond donors (Lipinski definition) is 3. The third kappa shape index (κ3) is 5.90. The summed E-state index contributed by atoms with van der Waals surface area (Å²) in [6.07, 6.45) is 2.70. The number of carbonyl (C=O) groups is 2. The van der Waals surface area contributed by atoms with Crippen molar-refractivity contribution in [2.45, 2.75) is 25.4 Å². The van der Waals surface area contributed by atoms with E-state index < -0.39 is 23.6 Å². The summed E-state index contributed by atoms with van der Waals surface area (Å²) in [7, 11) is 0. The maximum Gasteiger partial charge on any atom is 0.490 e. The number of hydrazine groups is 1. The smallest absolute Gasteiger partial charge is 0.475 e. The number of hydrogen-bond acceptors (Lipinski definition) is 6. The Labute approximate surface area is 156 Å². The molecule has 13 heteroatoms. The molecule has 1 fully saturated rings. The molecule has 2 aromatic heterocycles. The molecule has 1 amide bonds. The number of aromatic amines is 1. The van der Waals surface area contributed by atoms with E-state index in [9.17, 15) is 22.8 Å². The Kier molecular flexibility index (Phi) is 6.87. The summed E-state index contributed by atoms with van der Waals surface area (Å²) in [5.74, 6) is -2.91. The second-order valence-corrected chi connectivity index (χ2v) is 5.69. The van der Waals surface area contributed by atoms with Gasteiger partial charge >= 0.3 is 12.1 Å². The molecular weight excluding hydrogens is 385 g/mol. The lowest BCUT2D eigenvalue weighted by atomic mass is 10.2. The van der Waals surface area contributed by atoms with Gasteiger partial charge in [0.1, 0.15) is 5.56 Å². The third-order valence-corrected chi connectivity index (χ3v) is 3.61. The number of carboxylic acid groups (broad SMARTS) is 1. The molecule has 0 saturated carbocycles. The number of amides is 1. The van der Waals surface area contributed by atoms with E-state index in [-0.39, 0.29) is 11.5 Å². The molecule has 10 nitrogen and oxygen atoms in total. The maximum atomic E-state index is 12.1. The van der Waals surface area contributed by atoms with Gasteiger partial charge in [0, 0.05) is 31.7 Å². The van der Waals surface area contributed by atoms with Crippen LogP contribution in [0.3, 0.4) is 0 Å². The molecule has 2 aromatic rings. The van der Waals surface area contributed by atoms with Gasteiger partial charge in [-0.05, 0) is 18.9 Å². The summed E-state index contributed by atoms with van der Waals surface area (Å²) >= 11 is 0. The third-order valence-electron chi connectivity index (χ3n) is 3.61. The molecule has 0 aromatic carbocycles. The van der Waals surface area contributed by atoms with Crippen LogP contribution >= 0.6 is 0 Å². The van der Waals surface area contributed by atoms with Crippen molar-refractivity contribution in [1.29, 1.82) is 0 Å². The minimum atomic E-state index is -5.08. The summed E-state index contributed by atoms with van der Waals surface area (Å²) in [6.45, 7) is 1.62. The van der Waals surface area contributed by atoms with Gasteiger partial charge < -0.3 is 5.11 Å². The van der Waals surface area contributed by atoms with Crippen molar-refractivity contribution < 1.29 is 27.9 Å². The lowest BCUT2D eigenvalue weighted by Crippen LogP contribution is -2.46. The highest BCUT2D eigenvalue weighted by atomic mass is 19.4. The molecule has 3 heterocycles. The quantitative estimate of drug-likeness (QED) is 0.689. The molecule has 0 unspecified atom stereocenters. The largest absolute Gasteiger partial charge is 0.490 e. The van der Waals surface area contributed by atoms with Crippen LogP contribution in [0, 0.1) is 0 Å². The van der Waals surface area contributed by atoms with Crippen LogP contribution < -0.4 is 11.0 Å². The van der Waals surface area contributed by atoms with Gasteiger partial charge in [-0.1, -0.05) is 6.42 Å². The topological polar surface area (TPSA) is 133 Å². The van der Waals surface area contributed by atoms with Crippen molar-refractivity contribution in [3.63, 3.8) is 0 Å². The summed E-state index contributed by atoms with van der Waals surface area (Å²) in [5, 5.41) is 12.9. The van der Waals surface area contributed by atoms with Gasteiger partial charge in [-0.2, -0.15) is 18.3 Å². The number of aliphatic carboxylic acids is 1. The molecule has 3 rings (SSSR count). The Morgan fingerprint density at radius 3 is 2.36 bits per heavy atom. The number of carbonyl (C=O) groups excluding carboxylic acids is 1. The first-order valence-corrected chi connectivity index (χ1v) is 8.14. The van der Waals surface area contributed by atoms with Crippen LogP contribution in [0.2, 0.25) is 0 Å². The fourth-order valence-electron chi connectivity index (χ4n) is 2.27. The molecule has 0 bridgehead atoms. The Hall–Kier alpha value is -3.22. The van der Waals surface area contributed by atoms with Crippen molar-refractivity contribution in [2.24, 2.45) is 0 Å². The number of carboxylic acids is 1. The number of aromatic nitrogens is 4. The van der Waals surface area contributed by atoms with Crippen LogP contribution in [0.25, 0.3) is 5.95 Å². The van der Waals surface area contributed by atoms with Crippen molar-refractivity contribution in [3.05, 3.63) is 40.6 Å². The zero-order valence-electron chi connectivity index (χ0n) is 14.4. The lowest BCUT2D eigenvalue weighted by Gasteiger charge is -2.26. The standard InChI is InChI=1S/C13H16N6O2.C2HF3O2/c20-11-10(12(21)17-18-6-2-1-3-7-18)9-14-13(16-11)19-8-4-5-15-19;3-2(4,5)1(6)7/h4-5,8-9H,1-3,6-7H2,(H,17,21)(H,14,16,20);(H,6,7). The average molecular weight is 402 g/mol. The van der Waals surface area contributed by atoms with E-state index in [2.05, 4.69) is 20.5 Å². The van der Waals surface area contributed by atoms with Gasteiger partial charge in [0.25, 0.3) is 11.5 Å². The van der Waals surface area contributed by atoms with Gasteiger partial charge in [0.15, 0.2) is 0 Å². The Morgan fingerprint density at radius 2 is 1.86 bits per heavy atom. The second kappa shape index (κ2) is 9.12. The number of nitrogens with one attached hydrogen (secondary N) is 2. The zero-order chi connectivity index (χ0) is 20.7. The molecule has 1 aliphatic rings. The zero-order valence-corrected chi connectivity index (χ0v) is 14.4. The van der Waals surface area contributed by atoms with E-state index in [1.165, 1.54) is 17.3 Å². The van der Waals surface area contributed by atoms with Crippen LogP contribution in [0.15, 0.2) is 29.5 Å². The summed E-state index contributed by atoms with van der Waals surface area (Å²) < 4.78 is 33.2. The van der Waals surface area contributed by atoms with Crippen LogP contribution in [0.5, 0.6) is 0 Å². The first kappa shape index (κ1) is 21.1. The molecule has 1 saturated heterocycles. The predicted molar refractivity (Wildman–Crippen MR) is 88.6 cm³/mol. The first-order valence-electron chi connectivity index (χ1n) is 8.14. The number of alkyl halides is 3. The predicted octanol–water partition coefficient (Wildman–Crippen LogP) is 0.720. The normalized spacial score (nSPS) is 14.7. The van der Waals surface area contributed by atoms with Gasteiger partial charge in [0.2, 0.25) is 5.95 Å². The van der Waals surface area contributed by atoms with Crippen LogP contribution in [-0.2, 0) is 4.79 Å². The molecule has 3 N–H and O–H groups in total. The SMILES string of the molecule is O=C(NN1CCCCC1)c1cnc(-n2cccn2)[nH]c1=O.O=C(O)C(F)(F)F. The van der Waals surface area contributed by atoms with Gasteiger partial charge in [-0.15, -0.1) is 0 Å². The fraction of sp³-hybridized carbons (Fsp3) is 0.400. The molecule has 28 heavy (non-hydrogen) atoms. The van der Waals surface area contributed by atoms with Crippen molar-refractivity contribution in [2.75, 3.05) is 13.1 Å². The van der Waals surface area contributed by atoms with Gasteiger partial charge in [-0.25, -0.2) is 19.5 Å². The Bertz CT molecular complexity index is 859. The molecule has 0 spiro atoms. The van der Waals surface area contributed by atoms with Crippen LogP contribution in [0.4, 0.5) is 13.2 Å². The van der Waals surface area contributed by atoms with Gasteiger partial charge in [-0.3, -0.25) is 20.0 Å². The monoisotopic (exact) mass is 402 g/mol. The molecule has 0 radical (unpaired) electrons. The van der Waals surface area contributed by atoms with E-state index in [0.29, 0.717) is 0 Å². The van der Waals surface area contributed by atoms with E-state index in [1.807, 2.05) is 5.01 Å². The highest BCUT2D eigenvalue weighted by molar-refractivity contribution is 5.93. The number of H-pyrrole nitrogens is 1.